The number of carboxylic acids is 1. The molecule has 4 N–H and O–H groups in total. The predicted octanol–water partition coefficient (Wildman–Crippen LogP) is 0.235. The number of para-hydroxylation sites is 1. The summed E-state index contributed by atoms with van der Waals surface area (Å²) in [6, 6.07) is 6.21. The third-order valence-electron chi connectivity index (χ3n) is 7.27. The van der Waals surface area contributed by atoms with Crippen molar-refractivity contribution in [1.29, 1.82) is 0 Å². The smallest absolute Gasteiger partial charge is 0.412 e. The molecular formula is C22H28N2O8. The van der Waals surface area contributed by atoms with Crippen LogP contribution in [0.2, 0.25) is 0 Å². The molecule has 3 heterocycles. The normalized spacial score (nSPS) is 36.2. The maximum Gasteiger partial charge on any atom is 0.412 e. The van der Waals surface area contributed by atoms with E-state index < -0.39 is 42.8 Å². The minimum Gasteiger partial charge on any atom is -0.479 e. The molecule has 32 heavy (non-hydrogen) atoms. The number of aliphatic hydroxyl groups excluding tert-OH is 3. The molecule has 0 aromatic heterocycles. The molecule has 0 radical (unpaired) electrons. The largest absolute Gasteiger partial charge is 0.479 e. The number of hydrogen-bond donors (Lipinski definition) is 4. The van der Waals surface area contributed by atoms with Crippen LogP contribution in [0.15, 0.2) is 18.2 Å². The lowest BCUT2D eigenvalue weighted by molar-refractivity contribution is -0.280. The van der Waals surface area contributed by atoms with E-state index in [1.165, 1.54) is 35.4 Å². The number of ether oxygens (including phenoxy) is 2. The van der Waals surface area contributed by atoms with Gasteiger partial charge in [-0.05, 0) is 35.8 Å². The van der Waals surface area contributed by atoms with E-state index in [0.717, 1.165) is 12.1 Å². The van der Waals surface area contributed by atoms with Gasteiger partial charge >= 0.3 is 12.1 Å². The summed E-state index contributed by atoms with van der Waals surface area (Å²) < 4.78 is 10.4. The summed E-state index contributed by atoms with van der Waals surface area (Å²) >= 11 is 0. The van der Waals surface area contributed by atoms with E-state index in [2.05, 4.69) is 11.0 Å². The van der Waals surface area contributed by atoms with Gasteiger partial charge in [-0.15, -0.1) is 0 Å². The van der Waals surface area contributed by atoms with Crippen molar-refractivity contribution in [2.45, 2.75) is 62.4 Å². The van der Waals surface area contributed by atoms with Crippen LogP contribution in [-0.4, -0.2) is 87.7 Å². The van der Waals surface area contributed by atoms with Gasteiger partial charge in [0.1, 0.15) is 18.3 Å². The van der Waals surface area contributed by atoms with Gasteiger partial charge in [0.25, 0.3) is 0 Å². The molecule has 0 bridgehead atoms. The van der Waals surface area contributed by atoms with Crippen LogP contribution < -0.4 is 4.90 Å². The van der Waals surface area contributed by atoms with Crippen molar-refractivity contribution in [3.8, 4) is 0 Å². The number of benzene rings is 1. The summed E-state index contributed by atoms with van der Waals surface area (Å²) in [4.78, 5) is 28.1. The molecule has 7 atom stereocenters. The summed E-state index contributed by atoms with van der Waals surface area (Å²) in [6.07, 6.45) is -6.08. The fourth-order valence-corrected chi connectivity index (χ4v) is 5.67. The van der Waals surface area contributed by atoms with Crippen LogP contribution in [0.25, 0.3) is 0 Å². The number of aliphatic hydroxyl groups is 3. The Morgan fingerprint density at radius 2 is 1.88 bits per heavy atom. The molecule has 1 saturated heterocycles. The first-order chi connectivity index (χ1) is 15.3. The van der Waals surface area contributed by atoms with Crippen LogP contribution in [0.5, 0.6) is 0 Å². The molecule has 174 valence electrons. The summed E-state index contributed by atoms with van der Waals surface area (Å²) in [7, 11) is 0. The average Bonchev–Trinajstić information content (AvgIpc) is 3.16. The quantitative estimate of drug-likeness (QED) is 0.501. The second-order valence-corrected chi connectivity index (χ2v) is 9.14. The third kappa shape index (κ3) is 3.51. The van der Waals surface area contributed by atoms with Gasteiger partial charge < -0.3 is 39.7 Å². The molecule has 0 spiro atoms. The lowest BCUT2D eigenvalue weighted by Gasteiger charge is -2.39. The molecule has 10 nitrogen and oxygen atoms in total. The molecule has 10 heteroatoms. The highest BCUT2D eigenvalue weighted by atomic mass is 16.7. The highest BCUT2D eigenvalue weighted by Crippen LogP contribution is 2.49. The Morgan fingerprint density at radius 3 is 2.66 bits per heavy atom. The van der Waals surface area contributed by atoms with E-state index in [4.69, 9.17) is 9.47 Å². The number of carboxylic acid groups (broad SMARTS) is 1. The molecule has 5 unspecified atom stereocenters. The molecule has 2 fully saturated rings. The van der Waals surface area contributed by atoms with Crippen molar-refractivity contribution in [1.82, 2.24) is 4.90 Å². The van der Waals surface area contributed by atoms with Crippen LogP contribution in [0.1, 0.15) is 36.3 Å². The minimum absolute atomic E-state index is 0.312. The van der Waals surface area contributed by atoms with Gasteiger partial charge in [-0.3, -0.25) is 0 Å². The van der Waals surface area contributed by atoms with Crippen molar-refractivity contribution in [2.75, 3.05) is 24.5 Å². The van der Waals surface area contributed by atoms with Gasteiger partial charge in [0.2, 0.25) is 6.29 Å². The Balaban J connectivity index is 1.34. The highest BCUT2D eigenvalue weighted by Gasteiger charge is 2.49. The second-order valence-electron chi connectivity index (χ2n) is 9.14. The number of nitrogens with zero attached hydrogens (tertiary/aromatic N) is 2. The number of rotatable bonds is 2. The number of carbonyl (C=O) groups excluding carboxylic acids is 1. The van der Waals surface area contributed by atoms with Crippen LogP contribution in [0.4, 0.5) is 10.5 Å². The van der Waals surface area contributed by atoms with Crippen molar-refractivity contribution in [3.05, 3.63) is 29.3 Å². The Kier molecular flexibility index (Phi) is 5.48. The van der Waals surface area contributed by atoms with Gasteiger partial charge in [0, 0.05) is 25.3 Å². The summed E-state index contributed by atoms with van der Waals surface area (Å²) in [5, 5.41) is 39.1. The zero-order valence-corrected chi connectivity index (χ0v) is 17.5. The molecule has 1 aromatic rings. The van der Waals surface area contributed by atoms with Crippen LogP contribution in [-0.2, 0) is 20.8 Å². The maximum atomic E-state index is 12.9. The molecule has 1 aliphatic carbocycles. The number of carbonyl (C=O) groups is 2. The minimum atomic E-state index is -1.84. The van der Waals surface area contributed by atoms with Gasteiger partial charge in [-0.2, -0.15) is 0 Å². The van der Waals surface area contributed by atoms with E-state index in [1.54, 1.807) is 0 Å². The van der Waals surface area contributed by atoms with Crippen LogP contribution in [0, 0.1) is 5.92 Å². The first-order valence-electron chi connectivity index (χ1n) is 11.1. The van der Waals surface area contributed by atoms with E-state index in [9.17, 15) is 30.0 Å². The molecule has 3 aliphatic heterocycles. The molecule has 5 rings (SSSR count). The van der Waals surface area contributed by atoms with Gasteiger partial charge in [0.15, 0.2) is 6.10 Å². The number of hydrogen-bond acceptors (Lipinski definition) is 8. The molecule has 4 aliphatic rings. The van der Waals surface area contributed by atoms with Crippen molar-refractivity contribution < 1.29 is 39.5 Å². The van der Waals surface area contributed by atoms with Crippen molar-refractivity contribution in [2.24, 2.45) is 5.92 Å². The van der Waals surface area contributed by atoms with Crippen molar-refractivity contribution >= 4 is 17.7 Å². The molecule has 1 amide bonds. The van der Waals surface area contributed by atoms with Gasteiger partial charge in [-0.25, -0.2) is 9.59 Å². The number of aliphatic carboxylic acids is 1. The van der Waals surface area contributed by atoms with Crippen molar-refractivity contribution in [3.63, 3.8) is 0 Å². The maximum absolute atomic E-state index is 12.9. The highest BCUT2D eigenvalue weighted by molar-refractivity contribution is 5.74. The summed E-state index contributed by atoms with van der Waals surface area (Å²) in [6.45, 7) is 2.30. The van der Waals surface area contributed by atoms with E-state index in [-0.39, 0.29) is 0 Å². The van der Waals surface area contributed by atoms with E-state index >= 15 is 0 Å². The van der Waals surface area contributed by atoms with Gasteiger partial charge in [-0.1, -0.05) is 24.6 Å². The Hall–Kier alpha value is -2.40. The average molecular weight is 448 g/mol. The predicted molar refractivity (Wildman–Crippen MR) is 110 cm³/mol. The SMILES string of the molecule is O=C(O)C1OC(OC(=O)N2CCN3C[C@@H]4CCC[C@@H]4c4cccc(c43)C2)C(O)C(O)C1O. The van der Waals surface area contributed by atoms with Gasteiger partial charge in [0.05, 0.1) is 6.54 Å². The van der Waals surface area contributed by atoms with Crippen LogP contribution >= 0.6 is 0 Å². The third-order valence-corrected chi connectivity index (χ3v) is 7.27. The first kappa shape index (κ1) is 21.4. The Labute approximate surface area is 184 Å². The monoisotopic (exact) mass is 448 g/mol. The number of fused-ring (bicyclic) bond motifs is 2. The molecule has 1 saturated carbocycles. The fraction of sp³-hybridized carbons (Fsp3) is 0.636. The number of amides is 1. The lowest BCUT2D eigenvalue weighted by atomic mass is 9.82. The zero-order chi connectivity index (χ0) is 22.6. The lowest BCUT2D eigenvalue weighted by Crippen LogP contribution is -2.61. The topological polar surface area (TPSA) is 140 Å². The fourth-order valence-electron chi connectivity index (χ4n) is 5.67. The first-order valence-corrected chi connectivity index (χ1v) is 11.1. The number of anilines is 1. The molecule has 1 aromatic carbocycles. The Morgan fingerprint density at radius 1 is 1.06 bits per heavy atom. The van der Waals surface area contributed by atoms with Crippen LogP contribution in [0.3, 0.4) is 0 Å². The zero-order valence-electron chi connectivity index (χ0n) is 17.5. The Bertz CT molecular complexity index is 910. The van der Waals surface area contributed by atoms with E-state index in [0.29, 0.717) is 31.5 Å². The standard InChI is InChI=1S/C22H28N2O8/c25-16-17(26)19(20(28)29)31-21(18(16)27)32-22(30)24-8-7-23-9-11-3-1-5-13(11)14-6-2-4-12(10-24)15(14)23/h2,4,6,11,13,16-19,21,25-27H,1,3,5,7-10H2,(H,28,29)/t11-,13-,16?,17?,18?,19?,21?/m0/s1. The molecular weight excluding hydrogens is 420 g/mol. The summed E-state index contributed by atoms with van der Waals surface area (Å²) in [5.74, 6) is -0.338. The second kappa shape index (κ2) is 8.18. The summed E-state index contributed by atoms with van der Waals surface area (Å²) in [5.41, 5.74) is 3.56. The van der Waals surface area contributed by atoms with E-state index in [1.807, 2.05) is 12.1 Å².